The van der Waals surface area contributed by atoms with Crippen molar-refractivity contribution in [3.05, 3.63) is 47.8 Å². The van der Waals surface area contributed by atoms with Gasteiger partial charge in [0.15, 0.2) is 5.69 Å². The number of carbonyl (C=O) groups is 1. The van der Waals surface area contributed by atoms with Gasteiger partial charge in [-0.3, -0.25) is 4.79 Å². The first kappa shape index (κ1) is 16.0. The Labute approximate surface area is 124 Å². The third-order valence-corrected chi connectivity index (χ3v) is 2.92. The van der Waals surface area contributed by atoms with Crippen LogP contribution in [0.4, 0.5) is 13.2 Å². The molecule has 0 saturated carbocycles. The zero-order valence-corrected chi connectivity index (χ0v) is 11.6. The Kier molecular flexibility index (Phi) is 4.81. The van der Waals surface area contributed by atoms with E-state index in [0.717, 1.165) is 10.7 Å². The van der Waals surface area contributed by atoms with Crippen LogP contribution in [-0.4, -0.2) is 28.8 Å². The number of carbonyl (C=O) groups excluding carboxylic acids is 1. The van der Waals surface area contributed by atoms with Gasteiger partial charge >= 0.3 is 6.18 Å². The van der Waals surface area contributed by atoms with Crippen LogP contribution < -0.4 is 11.1 Å². The number of rotatable bonds is 5. The van der Waals surface area contributed by atoms with Crippen LogP contribution in [0.2, 0.25) is 0 Å². The van der Waals surface area contributed by atoms with Gasteiger partial charge in [0.1, 0.15) is 0 Å². The fourth-order valence-corrected chi connectivity index (χ4v) is 1.81. The van der Waals surface area contributed by atoms with Gasteiger partial charge < -0.3 is 11.1 Å². The average molecular weight is 312 g/mol. The van der Waals surface area contributed by atoms with Crippen molar-refractivity contribution in [3.8, 4) is 5.69 Å². The molecule has 1 aromatic heterocycles. The maximum absolute atomic E-state index is 12.5. The predicted octanol–water partition coefficient (Wildman–Crippen LogP) is 1.97. The first-order valence-electron chi connectivity index (χ1n) is 6.63. The van der Waals surface area contributed by atoms with E-state index >= 15 is 0 Å². The van der Waals surface area contributed by atoms with E-state index in [1.54, 1.807) is 18.2 Å². The molecule has 1 aromatic carbocycles. The Morgan fingerprint density at radius 2 is 2.09 bits per heavy atom. The van der Waals surface area contributed by atoms with E-state index in [4.69, 9.17) is 5.73 Å². The van der Waals surface area contributed by atoms with Crippen LogP contribution in [0, 0.1) is 0 Å². The highest BCUT2D eigenvalue weighted by Crippen LogP contribution is 2.27. The second-order valence-corrected chi connectivity index (χ2v) is 4.59. The molecule has 0 fully saturated rings. The second-order valence-electron chi connectivity index (χ2n) is 4.59. The van der Waals surface area contributed by atoms with Crippen molar-refractivity contribution in [2.45, 2.75) is 12.6 Å². The normalized spacial score (nSPS) is 11.5. The number of benzene rings is 1. The molecule has 0 unspecified atom stereocenters. The number of hydrogen-bond donors (Lipinski definition) is 2. The summed E-state index contributed by atoms with van der Waals surface area (Å²) in [5, 5.41) is 6.15. The Hall–Kier alpha value is -2.35. The molecule has 0 aliphatic heterocycles. The molecule has 0 aliphatic carbocycles. The van der Waals surface area contributed by atoms with Crippen LogP contribution in [0.1, 0.15) is 22.5 Å². The van der Waals surface area contributed by atoms with Gasteiger partial charge in [-0.2, -0.15) is 18.3 Å². The lowest BCUT2D eigenvalue weighted by Crippen LogP contribution is -2.26. The van der Waals surface area contributed by atoms with Gasteiger partial charge in [-0.15, -0.1) is 0 Å². The maximum atomic E-state index is 12.5. The molecule has 1 amide bonds. The molecule has 0 bridgehead atoms. The van der Waals surface area contributed by atoms with Gasteiger partial charge in [0.25, 0.3) is 5.91 Å². The molecule has 0 radical (unpaired) electrons. The van der Waals surface area contributed by atoms with Gasteiger partial charge in [-0.1, -0.05) is 6.07 Å². The lowest BCUT2D eigenvalue weighted by molar-refractivity contribution is -0.141. The van der Waals surface area contributed by atoms with Crippen molar-refractivity contribution < 1.29 is 18.0 Å². The third-order valence-electron chi connectivity index (χ3n) is 2.92. The summed E-state index contributed by atoms with van der Waals surface area (Å²) in [5.41, 5.74) is 5.08. The van der Waals surface area contributed by atoms with E-state index in [-0.39, 0.29) is 5.91 Å². The first-order chi connectivity index (χ1) is 10.4. The van der Waals surface area contributed by atoms with Crippen LogP contribution in [0.3, 0.4) is 0 Å². The molecule has 0 atom stereocenters. The van der Waals surface area contributed by atoms with Gasteiger partial charge in [-0.05, 0) is 37.2 Å². The molecule has 1 heterocycles. The minimum absolute atomic E-state index is 0.307. The number of alkyl halides is 3. The Morgan fingerprint density at radius 1 is 1.32 bits per heavy atom. The third kappa shape index (κ3) is 3.85. The standard InChI is InChI=1S/C14H15F3N4O/c15-14(16,17)12-5-8-21(20-12)11-4-1-3-10(9-11)13(22)19-7-2-6-18/h1,3-5,8-9H,2,6-7,18H2,(H,19,22). The molecule has 0 aliphatic rings. The number of hydrogen-bond acceptors (Lipinski definition) is 3. The topological polar surface area (TPSA) is 72.9 Å². The summed E-state index contributed by atoms with van der Waals surface area (Å²) in [7, 11) is 0. The number of halogens is 3. The SMILES string of the molecule is NCCCNC(=O)c1cccc(-n2ccc(C(F)(F)F)n2)c1. The van der Waals surface area contributed by atoms with Crippen LogP contribution in [-0.2, 0) is 6.18 Å². The maximum Gasteiger partial charge on any atom is 0.435 e. The Morgan fingerprint density at radius 3 is 2.73 bits per heavy atom. The predicted molar refractivity (Wildman–Crippen MR) is 74.6 cm³/mol. The van der Waals surface area contributed by atoms with Gasteiger partial charge in [0.2, 0.25) is 0 Å². The van der Waals surface area contributed by atoms with Crippen molar-refractivity contribution in [1.29, 1.82) is 0 Å². The molecule has 0 spiro atoms. The molecule has 5 nitrogen and oxygen atoms in total. The number of nitrogens with two attached hydrogens (primary N) is 1. The van der Waals surface area contributed by atoms with E-state index in [1.165, 1.54) is 12.3 Å². The van der Waals surface area contributed by atoms with E-state index < -0.39 is 11.9 Å². The number of aromatic nitrogens is 2. The highest BCUT2D eigenvalue weighted by molar-refractivity contribution is 5.94. The Bertz CT molecular complexity index is 652. The summed E-state index contributed by atoms with van der Waals surface area (Å²) in [5.74, 6) is -0.307. The van der Waals surface area contributed by atoms with E-state index in [9.17, 15) is 18.0 Å². The molecule has 22 heavy (non-hydrogen) atoms. The van der Waals surface area contributed by atoms with E-state index in [0.29, 0.717) is 30.8 Å². The van der Waals surface area contributed by atoms with Gasteiger partial charge in [0, 0.05) is 18.3 Å². The summed E-state index contributed by atoms with van der Waals surface area (Å²) < 4.78 is 38.7. The molecule has 2 aromatic rings. The van der Waals surface area contributed by atoms with E-state index in [2.05, 4.69) is 10.4 Å². The van der Waals surface area contributed by atoms with E-state index in [1.807, 2.05) is 0 Å². The molecule has 0 saturated heterocycles. The lowest BCUT2D eigenvalue weighted by Gasteiger charge is -2.07. The summed E-state index contributed by atoms with van der Waals surface area (Å²) >= 11 is 0. The fraction of sp³-hybridized carbons (Fsp3) is 0.286. The lowest BCUT2D eigenvalue weighted by atomic mass is 10.2. The van der Waals surface area contributed by atoms with Crippen molar-refractivity contribution in [1.82, 2.24) is 15.1 Å². The summed E-state index contributed by atoms with van der Waals surface area (Å²) in [6.07, 6.45) is -2.64. The van der Waals surface area contributed by atoms with Crippen LogP contribution in [0.25, 0.3) is 5.69 Å². The monoisotopic (exact) mass is 312 g/mol. The minimum atomic E-state index is -4.50. The van der Waals surface area contributed by atoms with Crippen molar-refractivity contribution in [2.75, 3.05) is 13.1 Å². The summed E-state index contributed by atoms with van der Waals surface area (Å²) in [6, 6.07) is 7.10. The number of nitrogens with one attached hydrogen (secondary N) is 1. The largest absolute Gasteiger partial charge is 0.435 e. The smallest absolute Gasteiger partial charge is 0.352 e. The fourth-order valence-electron chi connectivity index (χ4n) is 1.81. The highest BCUT2D eigenvalue weighted by atomic mass is 19.4. The van der Waals surface area contributed by atoms with Crippen molar-refractivity contribution >= 4 is 5.91 Å². The minimum Gasteiger partial charge on any atom is -0.352 e. The summed E-state index contributed by atoms with van der Waals surface area (Å²) in [4.78, 5) is 11.9. The first-order valence-corrected chi connectivity index (χ1v) is 6.63. The van der Waals surface area contributed by atoms with Crippen molar-refractivity contribution in [2.24, 2.45) is 5.73 Å². The van der Waals surface area contributed by atoms with Crippen molar-refractivity contribution in [3.63, 3.8) is 0 Å². The second kappa shape index (κ2) is 6.61. The zero-order valence-electron chi connectivity index (χ0n) is 11.6. The molecular formula is C14H15F3N4O. The van der Waals surface area contributed by atoms with Crippen LogP contribution in [0.15, 0.2) is 36.5 Å². The Balaban J connectivity index is 2.18. The number of amides is 1. The quantitative estimate of drug-likeness (QED) is 0.829. The summed E-state index contributed by atoms with van der Waals surface area (Å²) in [6.45, 7) is 0.910. The molecule has 8 heteroatoms. The average Bonchev–Trinajstić information content (AvgIpc) is 2.97. The molecule has 2 rings (SSSR count). The van der Waals surface area contributed by atoms with Gasteiger partial charge in [0.05, 0.1) is 5.69 Å². The molecule has 118 valence electrons. The van der Waals surface area contributed by atoms with Gasteiger partial charge in [-0.25, -0.2) is 4.68 Å². The van der Waals surface area contributed by atoms with Crippen LogP contribution in [0.5, 0.6) is 0 Å². The number of nitrogens with zero attached hydrogens (tertiary/aromatic N) is 2. The molecular weight excluding hydrogens is 297 g/mol. The highest BCUT2D eigenvalue weighted by Gasteiger charge is 2.33. The molecule has 3 N–H and O–H groups in total. The van der Waals surface area contributed by atoms with Crippen LogP contribution >= 0.6 is 0 Å². The zero-order chi connectivity index (χ0) is 16.2.